The summed E-state index contributed by atoms with van der Waals surface area (Å²) in [5.74, 6) is -2.28. The Labute approximate surface area is 193 Å². The molecule has 0 fully saturated rings. The van der Waals surface area contributed by atoms with Crippen molar-refractivity contribution in [2.45, 2.75) is 32.5 Å². The number of carbonyl (C=O) groups is 2. The molecule has 0 radical (unpaired) electrons. The van der Waals surface area contributed by atoms with Crippen LogP contribution in [0.1, 0.15) is 50.5 Å². The molecule has 1 atom stereocenters. The van der Waals surface area contributed by atoms with E-state index in [1.165, 1.54) is 22.0 Å². The van der Waals surface area contributed by atoms with Crippen LogP contribution in [0.2, 0.25) is 0 Å². The third-order valence-electron chi connectivity index (χ3n) is 5.30. The first-order valence-corrected chi connectivity index (χ1v) is 9.76. The number of fused-ring (bicyclic) bond motifs is 1. The Morgan fingerprint density at radius 3 is 2.55 bits per heavy atom. The second kappa shape index (κ2) is 8.97. The highest BCUT2D eigenvalue weighted by molar-refractivity contribution is 7.59. The van der Waals surface area contributed by atoms with Crippen LogP contribution in [0.3, 0.4) is 0 Å². The first-order chi connectivity index (χ1) is 15.1. The molecule has 33 heavy (non-hydrogen) atoms. The first kappa shape index (κ1) is 24.4. The van der Waals surface area contributed by atoms with Gasteiger partial charge in [0, 0.05) is 42.2 Å². The van der Waals surface area contributed by atoms with Crippen LogP contribution in [0.4, 0.5) is 23.2 Å². The fraction of sp³-hybridized carbons (Fsp3) is 0.273. The number of aromatic nitrogens is 3. The Morgan fingerprint density at radius 2 is 1.91 bits per heavy atom. The van der Waals surface area contributed by atoms with Crippen LogP contribution in [0.15, 0.2) is 42.9 Å². The predicted octanol–water partition coefficient (Wildman–Crippen LogP) is 4.50. The van der Waals surface area contributed by atoms with Gasteiger partial charge >= 0.3 is 6.18 Å². The van der Waals surface area contributed by atoms with E-state index in [1.54, 1.807) is 26.1 Å². The lowest BCUT2D eigenvalue weighted by atomic mass is 10.0. The van der Waals surface area contributed by atoms with Crippen LogP contribution in [0.25, 0.3) is 0 Å². The number of hydrogen-bond donors (Lipinski definition) is 0. The van der Waals surface area contributed by atoms with Crippen molar-refractivity contribution in [1.29, 1.82) is 0 Å². The van der Waals surface area contributed by atoms with Gasteiger partial charge in [0.25, 0.3) is 5.91 Å². The van der Waals surface area contributed by atoms with Crippen molar-refractivity contribution in [1.82, 2.24) is 14.8 Å². The molecule has 1 aliphatic heterocycles. The molecule has 6 nitrogen and oxygen atoms in total. The van der Waals surface area contributed by atoms with E-state index >= 15 is 0 Å². The summed E-state index contributed by atoms with van der Waals surface area (Å²) >= 11 is 0. The Bertz CT molecular complexity index is 1230. The Kier molecular flexibility index (Phi) is 6.64. The number of benzene rings is 1. The zero-order valence-corrected chi connectivity index (χ0v) is 18.7. The molecule has 0 saturated carbocycles. The van der Waals surface area contributed by atoms with E-state index in [-0.39, 0.29) is 49.7 Å². The maximum atomic E-state index is 14.1. The number of hydrogen-bond acceptors (Lipinski definition) is 4. The summed E-state index contributed by atoms with van der Waals surface area (Å²) < 4.78 is 54.3. The minimum absolute atomic E-state index is 0. The van der Waals surface area contributed by atoms with Crippen LogP contribution < -0.4 is 4.90 Å². The van der Waals surface area contributed by atoms with Crippen LogP contribution >= 0.6 is 13.5 Å². The summed E-state index contributed by atoms with van der Waals surface area (Å²) in [7, 11) is 0. The topological polar surface area (TPSA) is 68.1 Å². The smallest absolute Gasteiger partial charge is 0.305 e. The molecule has 1 aliphatic rings. The number of aryl methyl sites for hydroxylation is 1. The lowest BCUT2D eigenvalue weighted by molar-refractivity contribution is -0.139. The third kappa shape index (κ3) is 4.63. The van der Waals surface area contributed by atoms with Gasteiger partial charge in [-0.2, -0.15) is 31.8 Å². The molecule has 0 N–H and O–H groups in total. The molecule has 2 aromatic heterocycles. The maximum absolute atomic E-state index is 14.1. The normalized spacial score (nSPS) is 15.8. The summed E-state index contributed by atoms with van der Waals surface area (Å²) in [4.78, 5) is 31.1. The molecule has 3 heterocycles. The molecule has 0 bridgehead atoms. The Hall–Kier alpha value is -3.21. The molecule has 0 aliphatic carbocycles. The summed E-state index contributed by atoms with van der Waals surface area (Å²) in [6, 6.07) is 3.73. The number of amides is 1. The molecule has 1 amide bonds. The maximum Gasteiger partial charge on any atom is 0.419 e. The van der Waals surface area contributed by atoms with Crippen molar-refractivity contribution in [3.05, 3.63) is 76.6 Å². The summed E-state index contributed by atoms with van der Waals surface area (Å²) in [6.45, 7) is 3.66. The van der Waals surface area contributed by atoms with E-state index in [4.69, 9.17) is 0 Å². The van der Waals surface area contributed by atoms with Gasteiger partial charge in [0.15, 0.2) is 5.78 Å². The highest BCUT2D eigenvalue weighted by Crippen LogP contribution is 2.35. The van der Waals surface area contributed by atoms with Crippen molar-refractivity contribution in [2.75, 3.05) is 11.4 Å². The largest absolute Gasteiger partial charge is 0.419 e. The Balaban J connectivity index is 0.00000306. The highest BCUT2D eigenvalue weighted by atomic mass is 32.1. The number of pyridine rings is 1. The highest BCUT2D eigenvalue weighted by Gasteiger charge is 2.37. The SMILES string of the molecule is Cc1cncc(C(=O)Cc2cnn3c2C(=O)N(c2ccc(C(F)(F)F)c(F)c2)C[C@@H]3C)c1.S. The molecular weight excluding hydrogens is 460 g/mol. The fourth-order valence-electron chi connectivity index (χ4n) is 3.76. The molecule has 1 aromatic carbocycles. The van der Waals surface area contributed by atoms with Crippen molar-refractivity contribution in [3.63, 3.8) is 0 Å². The van der Waals surface area contributed by atoms with Crippen LogP contribution in [0.5, 0.6) is 0 Å². The quantitative estimate of drug-likeness (QED) is 0.407. The standard InChI is InChI=1S/C22H18F4N4O2.H2S/c1-12-5-14(9-27-8-12)19(31)6-15-10-28-30-13(2)11-29(21(32)20(15)30)16-3-4-17(18(23)7-16)22(24,25)26;/h3-5,7-10,13H,6,11H2,1-2H3;1H2/t13-;/m0./s1. The van der Waals surface area contributed by atoms with Gasteiger partial charge in [0.1, 0.15) is 11.5 Å². The van der Waals surface area contributed by atoms with E-state index in [0.717, 1.165) is 11.6 Å². The van der Waals surface area contributed by atoms with Crippen molar-refractivity contribution in [3.8, 4) is 0 Å². The fourth-order valence-corrected chi connectivity index (χ4v) is 3.76. The molecule has 0 saturated heterocycles. The molecule has 3 aromatic rings. The first-order valence-electron chi connectivity index (χ1n) is 9.76. The van der Waals surface area contributed by atoms with Gasteiger partial charge < -0.3 is 4.90 Å². The minimum Gasteiger partial charge on any atom is -0.305 e. The molecule has 11 heteroatoms. The van der Waals surface area contributed by atoms with Gasteiger partial charge in [0.05, 0.1) is 17.8 Å². The van der Waals surface area contributed by atoms with Crippen LogP contribution in [-0.2, 0) is 12.6 Å². The second-order valence-electron chi connectivity index (χ2n) is 7.74. The number of nitrogens with zero attached hydrogens (tertiary/aromatic N) is 4. The third-order valence-corrected chi connectivity index (χ3v) is 5.30. The summed E-state index contributed by atoms with van der Waals surface area (Å²) in [6.07, 6.45) is -0.452. The zero-order chi connectivity index (χ0) is 23.2. The van der Waals surface area contributed by atoms with Gasteiger partial charge in [-0.1, -0.05) is 0 Å². The second-order valence-corrected chi connectivity index (χ2v) is 7.74. The molecule has 4 rings (SSSR count). The van der Waals surface area contributed by atoms with Crippen molar-refractivity contribution < 1.29 is 27.2 Å². The van der Waals surface area contributed by atoms with Gasteiger partial charge in [-0.25, -0.2) is 4.39 Å². The average Bonchev–Trinajstić information content (AvgIpc) is 3.14. The number of Topliss-reactive ketones (excluding diaryl/α,β-unsaturated/α-hetero) is 1. The monoisotopic (exact) mass is 480 g/mol. The van der Waals surface area contributed by atoms with E-state index in [0.29, 0.717) is 23.3 Å². The minimum atomic E-state index is -4.83. The number of alkyl halides is 3. The Morgan fingerprint density at radius 1 is 1.18 bits per heavy atom. The van der Waals surface area contributed by atoms with E-state index in [1.807, 2.05) is 0 Å². The molecule has 0 unspecified atom stereocenters. The van der Waals surface area contributed by atoms with E-state index in [2.05, 4.69) is 10.1 Å². The number of anilines is 1. The van der Waals surface area contributed by atoms with Gasteiger partial charge in [-0.3, -0.25) is 19.3 Å². The lowest BCUT2D eigenvalue weighted by Crippen LogP contribution is -2.43. The molecular formula is C22H20F4N4O2S. The van der Waals surface area contributed by atoms with Crippen LogP contribution in [0, 0.1) is 12.7 Å². The summed E-state index contributed by atoms with van der Waals surface area (Å²) in [5.41, 5.74) is 0.335. The molecule has 0 spiro atoms. The number of halogens is 4. The van der Waals surface area contributed by atoms with Gasteiger partial charge in [-0.15, -0.1) is 0 Å². The van der Waals surface area contributed by atoms with Crippen molar-refractivity contribution >= 4 is 30.9 Å². The number of rotatable bonds is 4. The lowest BCUT2D eigenvalue weighted by Gasteiger charge is -2.32. The average molecular weight is 480 g/mol. The number of ketones is 1. The summed E-state index contributed by atoms with van der Waals surface area (Å²) in [5, 5.41) is 4.22. The number of carbonyl (C=O) groups excluding carboxylic acids is 2. The van der Waals surface area contributed by atoms with E-state index < -0.39 is 23.5 Å². The van der Waals surface area contributed by atoms with E-state index in [9.17, 15) is 27.2 Å². The van der Waals surface area contributed by atoms with Crippen LogP contribution in [-0.4, -0.2) is 33.0 Å². The predicted molar refractivity (Wildman–Crippen MR) is 117 cm³/mol. The zero-order valence-electron chi connectivity index (χ0n) is 17.7. The van der Waals surface area contributed by atoms with Crippen molar-refractivity contribution in [2.24, 2.45) is 0 Å². The van der Waals surface area contributed by atoms with Gasteiger partial charge in [-0.05, 0) is 43.7 Å². The molecule has 174 valence electrons. The van der Waals surface area contributed by atoms with Gasteiger partial charge in [0.2, 0.25) is 0 Å².